The van der Waals surface area contributed by atoms with Crippen LogP contribution in [0, 0.1) is 5.92 Å². The molecule has 0 saturated heterocycles. The van der Waals surface area contributed by atoms with Gasteiger partial charge >= 0.3 is 5.97 Å². The Labute approximate surface area is 59.8 Å². The molecular weight excluding hydrogens is 154 g/mol. The zero-order chi connectivity index (χ0) is 7.65. The number of rotatable bonds is 2. The predicted octanol–water partition coefficient (Wildman–Crippen LogP) is 1.17. The summed E-state index contributed by atoms with van der Waals surface area (Å²) in [5.74, 6) is -0.683. The Morgan fingerprint density at radius 3 is 1.89 bits per heavy atom. The van der Waals surface area contributed by atoms with Gasteiger partial charge in [-0.3, -0.25) is 4.79 Å². The number of carboxylic acid groups (broad SMARTS) is 1. The number of carbonyl (C=O) groups is 1. The lowest BCUT2D eigenvalue weighted by atomic mass is 10.1. The Morgan fingerprint density at radius 1 is 1.56 bits per heavy atom. The molecule has 0 radical (unpaired) electrons. The molecule has 2 nitrogen and oxygen atoms in total. The van der Waals surface area contributed by atoms with Crippen LogP contribution in [0.5, 0.6) is 0 Å². The second-order valence-corrected chi connectivity index (χ2v) is 4.97. The van der Waals surface area contributed by atoms with E-state index in [9.17, 15) is 4.79 Å². The molecule has 0 bridgehead atoms. The van der Waals surface area contributed by atoms with Gasteiger partial charge in [-0.2, -0.15) is 0 Å². The Hall–Kier alpha value is 0.330. The van der Waals surface area contributed by atoms with Crippen LogP contribution in [0.15, 0.2) is 0 Å². The maximum Gasteiger partial charge on any atom is 0.317 e. The minimum atomic E-state index is -0.799. The Kier molecular flexibility index (Phi) is 3.05. The molecule has 0 spiro atoms. The highest BCUT2D eigenvalue weighted by molar-refractivity contribution is 7.42. The van der Waals surface area contributed by atoms with Crippen LogP contribution in [0.1, 0.15) is 13.8 Å². The minimum absolute atomic E-state index is 0.116. The normalized spacial score (nSPS) is 12.1. The minimum Gasteiger partial charge on any atom is -0.480 e. The van der Waals surface area contributed by atoms with Crippen molar-refractivity contribution in [1.29, 1.82) is 0 Å². The second-order valence-electron chi connectivity index (χ2n) is 2.39. The van der Waals surface area contributed by atoms with Gasteiger partial charge in [0.1, 0.15) is 0 Å². The molecule has 0 fully saturated rings. The second kappa shape index (κ2) is 2.94. The van der Waals surface area contributed by atoms with Gasteiger partial charge in [-0.25, -0.2) is 0 Å². The van der Waals surface area contributed by atoms with Gasteiger partial charge in [0.15, 0.2) is 0 Å². The van der Waals surface area contributed by atoms with E-state index in [1.54, 1.807) is 0 Å². The molecule has 0 rings (SSSR count). The number of aliphatic carboxylic acids is 1. The monoisotopic (exact) mass is 166 g/mol. The first-order chi connectivity index (χ1) is 3.89. The van der Waals surface area contributed by atoms with E-state index in [0.29, 0.717) is 0 Å². The maximum atomic E-state index is 10.4. The lowest BCUT2D eigenvalue weighted by Crippen LogP contribution is -2.29. The summed E-state index contributed by atoms with van der Waals surface area (Å²) >= 11 is 0. The van der Waals surface area contributed by atoms with Crippen molar-refractivity contribution >= 4 is 24.4 Å². The van der Waals surface area contributed by atoms with Crippen molar-refractivity contribution in [1.82, 2.24) is 0 Å². The van der Waals surface area contributed by atoms with Gasteiger partial charge < -0.3 is 5.11 Å². The molecule has 0 heterocycles. The van der Waals surface area contributed by atoms with E-state index in [2.05, 4.69) is 18.5 Å². The standard InChI is InChI=1S/C5H12O2P2/c1-3(2)5(8,9)4(6)7/h3H,8-9H2,1-2H3,(H,6,7). The largest absolute Gasteiger partial charge is 0.480 e. The Balaban J connectivity index is 4.19. The van der Waals surface area contributed by atoms with E-state index in [4.69, 9.17) is 5.11 Å². The van der Waals surface area contributed by atoms with Crippen molar-refractivity contribution < 1.29 is 9.90 Å². The van der Waals surface area contributed by atoms with Crippen LogP contribution in [-0.4, -0.2) is 16.0 Å². The topological polar surface area (TPSA) is 37.3 Å². The van der Waals surface area contributed by atoms with Crippen LogP contribution in [0.2, 0.25) is 0 Å². The smallest absolute Gasteiger partial charge is 0.317 e. The van der Waals surface area contributed by atoms with Crippen molar-refractivity contribution in [3.8, 4) is 0 Å². The first-order valence-electron chi connectivity index (χ1n) is 2.70. The molecule has 4 heteroatoms. The Bertz CT molecular complexity index is 120. The van der Waals surface area contributed by atoms with Gasteiger partial charge in [0, 0.05) is 0 Å². The van der Waals surface area contributed by atoms with Crippen LogP contribution >= 0.6 is 18.5 Å². The molecule has 9 heavy (non-hydrogen) atoms. The van der Waals surface area contributed by atoms with Crippen LogP contribution in [-0.2, 0) is 4.79 Å². The summed E-state index contributed by atoms with van der Waals surface area (Å²) in [6.45, 7) is 3.74. The zero-order valence-corrected chi connectivity index (χ0v) is 7.90. The van der Waals surface area contributed by atoms with Crippen LogP contribution in [0.3, 0.4) is 0 Å². The van der Waals surface area contributed by atoms with E-state index in [0.717, 1.165) is 0 Å². The van der Waals surface area contributed by atoms with E-state index in [1.165, 1.54) is 0 Å². The average molecular weight is 166 g/mol. The van der Waals surface area contributed by atoms with E-state index in [-0.39, 0.29) is 5.92 Å². The highest BCUT2D eigenvalue weighted by atomic mass is 31.1. The van der Waals surface area contributed by atoms with Crippen LogP contribution in [0.25, 0.3) is 0 Å². The summed E-state index contributed by atoms with van der Waals surface area (Å²) in [7, 11) is 4.62. The van der Waals surface area contributed by atoms with E-state index < -0.39 is 10.9 Å². The molecule has 0 aromatic carbocycles. The summed E-state index contributed by atoms with van der Waals surface area (Å²) in [4.78, 5) is 9.67. The van der Waals surface area contributed by atoms with Crippen molar-refractivity contribution in [2.75, 3.05) is 0 Å². The van der Waals surface area contributed by atoms with Gasteiger partial charge in [0.25, 0.3) is 0 Å². The third kappa shape index (κ3) is 2.20. The summed E-state index contributed by atoms with van der Waals surface area (Å²) in [6.07, 6.45) is 0. The van der Waals surface area contributed by atoms with Crippen LogP contribution in [0.4, 0.5) is 0 Å². The van der Waals surface area contributed by atoms with E-state index >= 15 is 0 Å². The summed E-state index contributed by atoms with van der Waals surface area (Å²) in [5.41, 5.74) is 0. The zero-order valence-electron chi connectivity index (χ0n) is 5.59. The molecule has 0 aromatic heterocycles. The molecule has 2 unspecified atom stereocenters. The number of carboxylic acids is 1. The molecule has 0 aliphatic heterocycles. The number of hydrogen-bond donors (Lipinski definition) is 1. The van der Waals surface area contributed by atoms with Crippen molar-refractivity contribution in [2.45, 2.75) is 18.7 Å². The van der Waals surface area contributed by atoms with Crippen molar-refractivity contribution in [3.63, 3.8) is 0 Å². The fourth-order valence-corrected chi connectivity index (χ4v) is 0.247. The van der Waals surface area contributed by atoms with Crippen molar-refractivity contribution in [2.24, 2.45) is 5.92 Å². The summed E-state index contributed by atoms with van der Waals surface area (Å²) in [5, 5.41) is 8.57. The molecule has 0 aromatic rings. The van der Waals surface area contributed by atoms with E-state index in [1.807, 2.05) is 13.8 Å². The molecule has 1 N–H and O–H groups in total. The lowest BCUT2D eigenvalue weighted by Gasteiger charge is -2.22. The quantitative estimate of drug-likeness (QED) is 0.625. The van der Waals surface area contributed by atoms with Crippen molar-refractivity contribution in [3.05, 3.63) is 0 Å². The van der Waals surface area contributed by atoms with Gasteiger partial charge in [0.2, 0.25) is 0 Å². The fraction of sp³-hybridized carbons (Fsp3) is 0.800. The SMILES string of the molecule is CC(C)C(P)(P)C(=O)O. The first kappa shape index (κ1) is 9.33. The van der Waals surface area contributed by atoms with Gasteiger partial charge in [-0.05, 0) is 5.92 Å². The molecule has 54 valence electrons. The molecule has 0 aliphatic carbocycles. The lowest BCUT2D eigenvalue weighted by molar-refractivity contribution is -0.138. The third-order valence-corrected chi connectivity index (χ3v) is 3.15. The average Bonchev–Trinajstić information content (AvgIpc) is 1.65. The summed E-state index contributed by atoms with van der Waals surface area (Å²) in [6, 6.07) is 0. The highest BCUT2D eigenvalue weighted by Gasteiger charge is 2.31. The predicted molar refractivity (Wildman–Crippen MR) is 44.6 cm³/mol. The van der Waals surface area contributed by atoms with Gasteiger partial charge in [-0.1, -0.05) is 13.8 Å². The molecular formula is C5H12O2P2. The van der Waals surface area contributed by atoms with Gasteiger partial charge in [0.05, 0.1) is 4.90 Å². The molecule has 0 saturated carbocycles. The fourth-order valence-electron chi connectivity index (χ4n) is 0.247. The summed E-state index contributed by atoms with van der Waals surface area (Å²) < 4.78 is 0. The molecule has 2 atom stereocenters. The van der Waals surface area contributed by atoms with Crippen LogP contribution < -0.4 is 0 Å². The maximum absolute atomic E-state index is 10.4. The molecule has 0 aliphatic rings. The molecule has 0 amide bonds. The highest BCUT2D eigenvalue weighted by Crippen LogP contribution is 2.34. The first-order valence-corrected chi connectivity index (χ1v) is 3.85. The Morgan fingerprint density at radius 2 is 1.89 bits per heavy atom. The number of hydrogen-bond acceptors (Lipinski definition) is 1. The van der Waals surface area contributed by atoms with Gasteiger partial charge in [-0.15, -0.1) is 18.5 Å². The third-order valence-electron chi connectivity index (χ3n) is 1.33.